The van der Waals surface area contributed by atoms with Crippen LogP contribution in [0.15, 0.2) is 29.2 Å². The van der Waals surface area contributed by atoms with Gasteiger partial charge in [-0.25, -0.2) is 4.79 Å². The van der Waals surface area contributed by atoms with Crippen molar-refractivity contribution >= 4 is 46.3 Å². The van der Waals surface area contributed by atoms with Crippen LogP contribution in [0.3, 0.4) is 0 Å². The largest absolute Gasteiger partial charge is 0.496 e. The molecule has 7 heteroatoms. The number of thioether (sulfide) groups is 1. The van der Waals surface area contributed by atoms with Crippen molar-refractivity contribution in [3.8, 4) is 5.75 Å². The van der Waals surface area contributed by atoms with Crippen molar-refractivity contribution in [1.29, 1.82) is 0 Å². The van der Waals surface area contributed by atoms with E-state index in [2.05, 4.69) is 0 Å². The van der Waals surface area contributed by atoms with E-state index in [4.69, 9.17) is 17.0 Å². The number of nitrogens with zero attached hydrogens (tertiary/aromatic N) is 1. The fraction of sp³-hybridized carbons (Fsp3) is 0.312. The predicted octanol–water partition coefficient (Wildman–Crippen LogP) is 3.15. The Balaban J connectivity index is 2.34. The first-order valence-corrected chi connectivity index (χ1v) is 8.35. The number of carboxylic acids is 1. The van der Waals surface area contributed by atoms with Crippen molar-refractivity contribution in [2.24, 2.45) is 0 Å². The van der Waals surface area contributed by atoms with E-state index in [0.29, 0.717) is 23.5 Å². The normalized spacial score (nSPS) is 17.7. The Kier molecular flexibility index (Phi) is 5.79. The Hall–Kier alpha value is -1.86. The molecule has 1 fully saturated rings. The van der Waals surface area contributed by atoms with Crippen LogP contribution in [0.5, 0.6) is 5.75 Å². The van der Waals surface area contributed by atoms with Crippen LogP contribution in [-0.2, 0) is 9.59 Å². The lowest BCUT2D eigenvalue weighted by atomic mass is 10.1. The minimum atomic E-state index is -1.04. The van der Waals surface area contributed by atoms with Gasteiger partial charge in [0.1, 0.15) is 16.1 Å². The van der Waals surface area contributed by atoms with Crippen LogP contribution in [-0.4, -0.2) is 39.4 Å². The molecule has 23 heavy (non-hydrogen) atoms. The van der Waals surface area contributed by atoms with E-state index in [0.717, 1.165) is 17.3 Å². The summed E-state index contributed by atoms with van der Waals surface area (Å²) in [5.74, 6) is -0.769. The summed E-state index contributed by atoms with van der Waals surface area (Å²) >= 11 is 6.33. The zero-order valence-corrected chi connectivity index (χ0v) is 14.4. The highest BCUT2D eigenvalue weighted by atomic mass is 32.2. The van der Waals surface area contributed by atoms with Crippen molar-refractivity contribution in [3.05, 3.63) is 34.7 Å². The van der Waals surface area contributed by atoms with E-state index in [1.165, 1.54) is 4.90 Å². The molecule has 5 nitrogen and oxygen atoms in total. The molecule has 1 aliphatic rings. The third-order valence-corrected chi connectivity index (χ3v) is 4.74. The van der Waals surface area contributed by atoms with Gasteiger partial charge in [0, 0.05) is 5.56 Å². The molecule has 1 heterocycles. The van der Waals surface area contributed by atoms with Crippen molar-refractivity contribution in [2.75, 3.05) is 7.11 Å². The maximum absolute atomic E-state index is 12.6. The maximum atomic E-state index is 12.6. The molecule has 0 aliphatic carbocycles. The van der Waals surface area contributed by atoms with Crippen LogP contribution in [0.25, 0.3) is 6.08 Å². The summed E-state index contributed by atoms with van der Waals surface area (Å²) in [4.78, 5) is 25.6. The third kappa shape index (κ3) is 3.73. The molecule has 0 saturated carbocycles. The second kappa shape index (κ2) is 7.61. The number of benzene rings is 1. The molecule has 1 saturated heterocycles. The van der Waals surface area contributed by atoms with E-state index < -0.39 is 12.0 Å². The highest BCUT2D eigenvalue weighted by Gasteiger charge is 2.40. The Morgan fingerprint density at radius 1 is 1.48 bits per heavy atom. The smallest absolute Gasteiger partial charge is 0.326 e. The Morgan fingerprint density at radius 2 is 2.17 bits per heavy atom. The lowest BCUT2D eigenvalue weighted by molar-refractivity contribution is -0.145. The molecule has 1 atom stereocenters. The minimum Gasteiger partial charge on any atom is -0.496 e. The van der Waals surface area contributed by atoms with E-state index in [1.54, 1.807) is 19.3 Å². The number of amides is 1. The van der Waals surface area contributed by atoms with Gasteiger partial charge in [0.2, 0.25) is 0 Å². The summed E-state index contributed by atoms with van der Waals surface area (Å²) in [6, 6.07) is 6.38. The fourth-order valence-electron chi connectivity index (χ4n) is 2.31. The van der Waals surface area contributed by atoms with Gasteiger partial charge < -0.3 is 9.84 Å². The molecule has 0 radical (unpaired) electrons. The lowest BCUT2D eigenvalue weighted by Gasteiger charge is -2.22. The molecule has 1 aliphatic heterocycles. The molecule has 1 aromatic rings. The van der Waals surface area contributed by atoms with Crippen LogP contribution < -0.4 is 4.74 Å². The van der Waals surface area contributed by atoms with Crippen LogP contribution in [0.2, 0.25) is 0 Å². The van der Waals surface area contributed by atoms with Gasteiger partial charge in [-0.1, -0.05) is 55.5 Å². The summed E-state index contributed by atoms with van der Waals surface area (Å²) < 4.78 is 5.54. The first-order valence-electron chi connectivity index (χ1n) is 7.12. The minimum absolute atomic E-state index is 0.275. The maximum Gasteiger partial charge on any atom is 0.326 e. The third-order valence-electron chi connectivity index (χ3n) is 3.41. The van der Waals surface area contributed by atoms with Crippen molar-refractivity contribution in [3.63, 3.8) is 0 Å². The van der Waals surface area contributed by atoms with Crippen LogP contribution in [0.1, 0.15) is 25.3 Å². The number of aliphatic carboxylic acids is 1. The van der Waals surface area contributed by atoms with Gasteiger partial charge in [-0.2, -0.15) is 0 Å². The predicted molar refractivity (Wildman–Crippen MR) is 94.3 cm³/mol. The van der Waals surface area contributed by atoms with Gasteiger partial charge in [-0.15, -0.1) is 0 Å². The Bertz CT molecular complexity index is 672. The number of rotatable bonds is 6. The van der Waals surface area contributed by atoms with Gasteiger partial charge >= 0.3 is 5.97 Å². The van der Waals surface area contributed by atoms with E-state index in [1.807, 2.05) is 25.1 Å². The average Bonchev–Trinajstić information content (AvgIpc) is 2.79. The monoisotopic (exact) mass is 351 g/mol. The van der Waals surface area contributed by atoms with Crippen LogP contribution in [0.4, 0.5) is 0 Å². The number of methoxy groups -OCH3 is 1. The second-order valence-corrected chi connectivity index (χ2v) is 6.61. The van der Waals surface area contributed by atoms with E-state index >= 15 is 0 Å². The zero-order chi connectivity index (χ0) is 17.0. The quantitative estimate of drug-likeness (QED) is 0.627. The molecular formula is C16H17NO4S2. The SMILES string of the molecule is CCCC(C(=O)O)N1C(=O)C(=Cc2ccccc2OC)SC1=S. The number of thiocarbonyl (C=S) groups is 1. The van der Waals surface area contributed by atoms with E-state index in [-0.39, 0.29) is 10.2 Å². The number of para-hydroxylation sites is 1. The number of carboxylic acid groups (broad SMARTS) is 1. The summed E-state index contributed by atoms with van der Waals surface area (Å²) in [5, 5.41) is 9.36. The molecule has 2 rings (SSSR count). The average molecular weight is 351 g/mol. The first kappa shape index (κ1) is 17.5. The van der Waals surface area contributed by atoms with Gasteiger partial charge in [-0.05, 0) is 18.6 Å². The van der Waals surface area contributed by atoms with Crippen molar-refractivity contribution in [2.45, 2.75) is 25.8 Å². The van der Waals surface area contributed by atoms with Gasteiger partial charge in [0.25, 0.3) is 5.91 Å². The van der Waals surface area contributed by atoms with Gasteiger partial charge in [0.15, 0.2) is 0 Å². The number of carbonyl (C=O) groups excluding carboxylic acids is 1. The summed E-state index contributed by atoms with van der Waals surface area (Å²) in [7, 11) is 1.56. The van der Waals surface area contributed by atoms with Crippen LogP contribution >= 0.6 is 24.0 Å². The molecule has 0 spiro atoms. The van der Waals surface area contributed by atoms with Crippen molar-refractivity contribution < 1.29 is 19.4 Å². The molecule has 122 valence electrons. The highest BCUT2D eigenvalue weighted by molar-refractivity contribution is 8.26. The molecule has 1 amide bonds. The van der Waals surface area contributed by atoms with Gasteiger partial charge in [0.05, 0.1) is 12.0 Å². The van der Waals surface area contributed by atoms with E-state index in [9.17, 15) is 14.7 Å². The number of hydrogen-bond donors (Lipinski definition) is 1. The zero-order valence-electron chi connectivity index (χ0n) is 12.8. The lowest BCUT2D eigenvalue weighted by Crippen LogP contribution is -2.43. The molecule has 1 N–H and O–H groups in total. The molecule has 0 bridgehead atoms. The molecule has 1 unspecified atom stereocenters. The summed E-state index contributed by atoms with van der Waals surface area (Å²) in [5.41, 5.74) is 0.748. The Morgan fingerprint density at radius 3 is 2.78 bits per heavy atom. The number of ether oxygens (including phenoxy) is 1. The van der Waals surface area contributed by atoms with Gasteiger partial charge in [-0.3, -0.25) is 9.69 Å². The summed E-state index contributed by atoms with van der Waals surface area (Å²) in [6.07, 6.45) is 2.70. The second-order valence-electron chi connectivity index (χ2n) is 4.94. The fourth-order valence-corrected chi connectivity index (χ4v) is 3.66. The highest BCUT2D eigenvalue weighted by Crippen LogP contribution is 2.36. The number of carbonyl (C=O) groups is 2. The molecule has 0 aromatic heterocycles. The first-order chi connectivity index (χ1) is 11.0. The topological polar surface area (TPSA) is 66.8 Å². The van der Waals surface area contributed by atoms with Crippen LogP contribution in [0, 0.1) is 0 Å². The van der Waals surface area contributed by atoms with Crippen molar-refractivity contribution in [1.82, 2.24) is 4.90 Å². The number of hydrogen-bond acceptors (Lipinski definition) is 5. The molecular weight excluding hydrogens is 334 g/mol. The standard InChI is InChI=1S/C16H17NO4S2/c1-3-6-11(15(19)20)17-14(18)13(23-16(17)22)9-10-7-4-5-8-12(10)21-2/h4-5,7-9,11H,3,6H2,1-2H3,(H,19,20). The summed E-state index contributed by atoms with van der Waals surface area (Å²) in [6.45, 7) is 1.87. The molecule has 1 aromatic carbocycles. The Labute approximate surface area is 144 Å².